The van der Waals surface area contributed by atoms with Crippen molar-refractivity contribution in [1.29, 1.82) is 0 Å². The van der Waals surface area contributed by atoms with E-state index in [4.69, 9.17) is 21.7 Å². The summed E-state index contributed by atoms with van der Waals surface area (Å²) in [7, 11) is 2.99. The molecule has 2 aromatic carbocycles. The highest BCUT2D eigenvalue weighted by Gasteiger charge is 2.34. The minimum Gasteiger partial charge on any atom is -0.497 e. The van der Waals surface area contributed by atoms with Crippen molar-refractivity contribution in [3.05, 3.63) is 67.1 Å². The second-order valence-electron chi connectivity index (χ2n) is 5.95. The largest absolute Gasteiger partial charge is 0.497 e. The van der Waals surface area contributed by atoms with Gasteiger partial charge >= 0.3 is 5.69 Å². The standard InChI is InChI=1S/C18H14N4O7S2/c1-28-12-4-6-15(29-2)10(7-12)8-16-17(23)20(18(30)31-16)19-13-5-3-11(21(24)25)9-14(13)22(26)27/h3-9,19H,1-2H3. The van der Waals surface area contributed by atoms with Crippen molar-refractivity contribution >= 4 is 57.3 Å². The molecule has 1 aliphatic rings. The Morgan fingerprint density at radius 3 is 2.45 bits per heavy atom. The lowest BCUT2D eigenvalue weighted by Gasteiger charge is -2.16. The summed E-state index contributed by atoms with van der Waals surface area (Å²) in [5.41, 5.74) is 2.02. The predicted octanol–water partition coefficient (Wildman–Crippen LogP) is 3.75. The maximum absolute atomic E-state index is 12.9. The van der Waals surface area contributed by atoms with E-state index in [-0.39, 0.29) is 14.9 Å². The fourth-order valence-electron chi connectivity index (χ4n) is 2.66. The van der Waals surface area contributed by atoms with Gasteiger partial charge in [-0.2, -0.15) is 0 Å². The third kappa shape index (κ3) is 4.57. The molecule has 31 heavy (non-hydrogen) atoms. The summed E-state index contributed by atoms with van der Waals surface area (Å²) in [5, 5.41) is 23.2. The number of ether oxygens (including phenoxy) is 2. The molecule has 0 unspecified atom stereocenters. The SMILES string of the molecule is COc1ccc(OC)c(C=C2SC(=S)N(Nc3ccc([N+](=O)[O-])cc3[N+](=O)[O-])C2=O)c1. The number of benzene rings is 2. The number of non-ortho nitro benzene ring substituents is 1. The number of thioether (sulfide) groups is 1. The van der Waals surface area contributed by atoms with Gasteiger partial charge in [0.1, 0.15) is 17.2 Å². The summed E-state index contributed by atoms with van der Waals surface area (Å²) >= 11 is 6.21. The van der Waals surface area contributed by atoms with Crippen molar-refractivity contribution in [2.75, 3.05) is 19.6 Å². The molecule has 0 atom stereocenters. The zero-order valence-corrected chi connectivity index (χ0v) is 17.7. The number of carbonyl (C=O) groups is 1. The Labute approximate surface area is 184 Å². The van der Waals surface area contributed by atoms with E-state index in [1.54, 1.807) is 24.3 Å². The van der Waals surface area contributed by atoms with Crippen molar-refractivity contribution in [3.8, 4) is 11.5 Å². The number of nitro benzene ring substituents is 2. The van der Waals surface area contributed by atoms with Crippen LogP contribution >= 0.6 is 24.0 Å². The molecule has 3 rings (SSSR count). The van der Waals surface area contributed by atoms with Crippen LogP contribution in [0.5, 0.6) is 11.5 Å². The lowest BCUT2D eigenvalue weighted by molar-refractivity contribution is -0.393. The van der Waals surface area contributed by atoms with Crippen molar-refractivity contribution in [1.82, 2.24) is 5.01 Å². The van der Waals surface area contributed by atoms with Crippen molar-refractivity contribution < 1.29 is 24.1 Å². The number of hydrogen-bond acceptors (Lipinski definition) is 10. The highest BCUT2D eigenvalue weighted by molar-refractivity contribution is 8.26. The summed E-state index contributed by atoms with van der Waals surface area (Å²) in [6, 6.07) is 8.10. The van der Waals surface area contributed by atoms with E-state index < -0.39 is 27.1 Å². The van der Waals surface area contributed by atoms with E-state index in [0.717, 1.165) is 35.0 Å². The molecular formula is C18H14N4O7S2. The predicted molar refractivity (Wildman–Crippen MR) is 118 cm³/mol. The van der Waals surface area contributed by atoms with Gasteiger partial charge in [0.05, 0.1) is 35.0 Å². The normalized spacial score (nSPS) is 14.6. The summed E-state index contributed by atoms with van der Waals surface area (Å²) < 4.78 is 10.6. The minimum atomic E-state index is -0.788. The van der Waals surface area contributed by atoms with Gasteiger partial charge in [0.25, 0.3) is 11.6 Å². The molecule has 0 bridgehead atoms. The monoisotopic (exact) mass is 462 g/mol. The van der Waals surface area contributed by atoms with Crippen molar-refractivity contribution in [3.63, 3.8) is 0 Å². The van der Waals surface area contributed by atoms with Gasteiger partial charge in [0.15, 0.2) is 4.32 Å². The lowest BCUT2D eigenvalue weighted by Crippen LogP contribution is -2.34. The number of methoxy groups -OCH3 is 2. The van der Waals surface area contributed by atoms with Crippen molar-refractivity contribution in [2.45, 2.75) is 0 Å². The first-order valence-electron chi connectivity index (χ1n) is 8.44. The average Bonchev–Trinajstić information content (AvgIpc) is 3.00. The molecule has 0 radical (unpaired) electrons. The molecule has 1 saturated heterocycles. The van der Waals surface area contributed by atoms with Crippen LogP contribution < -0.4 is 14.9 Å². The summed E-state index contributed by atoms with van der Waals surface area (Å²) in [4.78, 5) is 33.8. The molecule has 2 aromatic rings. The molecule has 0 spiro atoms. The Bertz CT molecular complexity index is 1140. The third-order valence-corrected chi connectivity index (χ3v) is 5.44. The van der Waals surface area contributed by atoms with E-state index in [2.05, 4.69) is 5.43 Å². The molecule has 1 heterocycles. The number of rotatable bonds is 7. The first-order valence-corrected chi connectivity index (χ1v) is 9.67. The second kappa shape index (κ2) is 8.97. The van der Waals surface area contributed by atoms with E-state index in [1.807, 2.05) is 0 Å². The van der Waals surface area contributed by atoms with Crippen LogP contribution in [-0.4, -0.2) is 39.3 Å². The molecular weight excluding hydrogens is 448 g/mol. The van der Waals surface area contributed by atoms with Crippen LogP contribution in [0.4, 0.5) is 17.1 Å². The summed E-state index contributed by atoms with van der Waals surface area (Å²) in [6.07, 6.45) is 1.56. The molecule has 1 N–H and O–H groups in total. The van der Waals surface area contributed by atoms with E-state index in [9.17, 15) is 25.0 Å². The minimum absolute atomic E-state index is 0.103. The number of nitrogens with one attached hydrogen (secondary N) is 1. The number of anilines is 1. The quantitative estimate of drug-likeness (QED) is 0.280. The Morgan fingerprint density at radius 1 is 1.10 bits per heavy atom. The zero-order valence-electron chi connectivity index (χ0n) is 16.1. The van der Waals surface area contributed by atoms with Gasteiger partial charge in [0, 0.05) is 11.6 Å². The Morgan fingerprint density at radius 2 is 1.84 bits per heavy atom. The molecule has 0 aromatic heterocycles. The zero-order chi connectivity index (χ0) is 22.7. The number of hydrazine groups is 1. The number of thiocarbonyl (C=S) groups is 1. The summed E-state index contributed by atoms with van der Waals surface area (Å²) in [5.74, 6) is 0.514. The van der Waals surface area contributed by atoms with E-state index in [1.165, 1.54) is 14.2 Å². The van der Waals surface area contributed by atoms with Crippen LogP contribution in [0.15, 0.2) is 41.3 Å². The maximum atomic E-state index is 12.9. The lowest BCUT2D eigenvalue weighted by atomic mass is 10.1. The highest BCUT2D eigenvalue weighted by Crippen LogP contribution is 2.37. The highest BCUT2D eigenvalue weighted by atomic mass is 32.2. The van der Waals surface area contributed by atoms with Gasteiger partial charge < -0.3 is 9.47 Å². The van der Waals surface area contributed by atoms with Crippen LogP contribution in [0.2, 0.25) is 0 Å². The molecule has 13 heteroatoms. The third-order valence-electron chi connectivity index (χ3n) is 4.14. The maximum Gasteiger partial charge on any atom is 0.300 e. The fourth-order valence-corrected chi connectivity index (χ4v) is 3.83. The summed E-state index contributed by atoms with van der Waals surface area (Å²) in [6.45, 7) is 0. The molecule has 0 saturated carbocycles. The van der Waals surface area contributed by atoms with Gasteiger partial charge in [-0.15, -0.1) is 0 Å². The smallest absolute Gasteiger partial charge is 0.300 e. The topological polar surface area (TPSA) is 137 Å². The molecule has 1 amide bonds. The van der Waals surface area contributed by atoms with Gasteiger partial charge in [-0.05, 0) is 42.6 Å². The van der Waals surface area contributed by atoms with Crippen LogP contribution in [0, 0.1) is 20.2 Å². The number of nitrogens with zero attached hydrogens (tertiary/aromatic N) is 3. The molecule has 1 aliphatic heterocycles. The first-order chi connectivity index (χ1) is 14.7. The number of amides is 1. The van der Waals surface area contributed by atoms with Gasteiger partial charge in [-0.1, -0.05) is 11.8 Å². The van der Waals surface area contributed by atoms with Gasteiger partial charge in [-0.3, -0.25) is 30.4 Å². The number of carbonyl (C=O) groups excluding carboxylic acids is 1. The van der Waals surface area contributed by atoms with Gasteiger partial charge in [0.2, 0.25) is 0 Å². The van der Waals surface area contributed by atoms with Gasteiger partial charge in [-0.25, -0.2) is 5.01 Å². The molecule has 160 valence electrons. The Hall–Kier alpha value is -3.71. The number of nitro groups is 2. The molecule has 0 aliphatic carbocycles. The van der Waals surface area contributed by atoms with Crippen molar-refractivity contribution in [2.24, 2.45) is 0 Å². The fraction of sp³-hybridized carbons (Fsp3) is 0.111. The Balaban J connectivity index is 1.92. The average molecular weight is 462 g/mol. The van der Waals surface area contributed by atoms with Crippen LogP contribution in [0.1, 0.15) is 5.56 Å². The van der Waals surface area contributed by atoms with Crippen LogP contribution in [0.3, 0.4) is 0 Å². The molecule has 1 fully saturated rings. The molecule has 11 nitrogen and oxygen atoms in total. The number of hydrogen-bond donors (Lipinski definition) is 1. The first kappa shape index (κ1) is 22.0. The van der Waals surface area contributed by atoms with Crippen LogP contribution in [0.25, 0.3) is 6.08 Å². The van der Waals surface area contributed by atoms with E-state index in [0.29, 0.717) is 17.1 Å². The van der Waals surface area contributed by atoms with E-state index >= 15 is 0 Å². The Kier molecular flexibility index (Phi) is 6.36. The van der Waals surface area contributed by atoms with Crippen LogP contribution in [-0.2, 0) is 4.79 Å². The second-order valence-corrected chi connectivity index (χ2v) is 7.63.